The number of para-hydroxylation sites is 6. The van der Waals surface area contributed by atoms with Gasteiger partial charge in [0.05, 0.1) is 28.9 Å². The van der Waals surface area contributed by atoms with E-state index in [1.165, 1.54) is 14.2 Å². The molecule has 10 nitrogen and oxygen atoms in total. The molecule has 0 aliphatic heterocycles. The Morgan fingerprint density at radius 2 is 0.828 bits per heavy atom. The third kappa shape index (κ3) is 6.92. The number of hydrogen-bond acceptors (Lipinski definition) is 10. The third-order valence-corrected chi connectivity index (χ3v) is 12.3. The van der Waals surface area contributed by atoms with E-state index in [2.05, 4.69) is 22.6 Å². The van der Waals surface area contributed by atoms with Crippen LogP contribution in [0.15, 0.2) is 175 Å². The molecular weight excluding hydrogens is 922 g/mol. The number of rotatable bonds is 4. The molecule has 312 valence electrons. The molecule has 0 saturated heterocycles. The van der Waals surface area contributed by atoms with E-state index in [9.17, 15) is 19.6 Å². The van der Waals surface area contributed by atoms with Crippen molar-refractivity contribution in [2.45, 2.75) is 0 Å². The number of esters is 2. The summed E-state index contributed by atoms with van der Waals surface area (Å²) in [5, 5.41) is 26.4. The van der Waals surface area contributed by atoms with Crippen molar-refractivity contribution in [2.24, 2.45) is 0 Å². The van der Waals surface area contributed by atoms with Gasteiger partial charge in [-0.15, -0.1) is 0 Å². The highest BCUT2D eigenvalue weighted by Gasteiger charge is 2.24. The zero-order chi connectivity index (χ0) is 44.1. The van der Waals surface area contributed by atoms with Crippen LogP contribution in [0, 0.1) is 3.57 Å². The molecule has 4 heterocycles. The summed E-state index contributed by atoms with van der Waals surface area (Å²) in [6.45, 7) is 0. The van der Waals surface area contributed by atoms with Crippen molar-refractivity contribution in [3.63, 3.8) is 0 Å². The molecule has 12 aromatic rings. The van der Waals surface area contributed by atoms with Gasteiger partial charge in [-0.1, -0.05) is 109 Å². The van der Waals surface area contributed by atoms with E-state index in [1.54, 1.807) is 24.3 Å². The second-order valence-electron chi connectivity index (χ2n) is 14.8. The lowest BCUT2D eigenvalue weighted by Gasteiger charge is -2.09. The average molecular weight is 957 g/mol. The van der Waals surface area contributed by atoms with E-state index in [0.29, 0.717) is 33.3 Å². The first kappa shape index (κ1) is 40.7. The van der Waals surface area contributed by atoms with Crippen LogP contribution in [-0.4, -0.2) is 43.3 Å². The first-order chi connectivity index (χ1) is 31.2. The molecule has 8 aromatic carbocycles. The molecule has 0 bridgehead atoms. The summed E-state index contributed by atoms with van der Waals surface area (Å²) in [6.07, 6.45) is 0. The number of furan rings is 4. The Kier molecular flexibility index (Phi) is 10.6. The summed E-state index contributed by atoms with van der Waals surface area (Å²) in [5.41, 5.74) is 8.65. The van der Waals surface area contributed by atoms with Crippen molar-refractivity contribution in [1.82, 2.24) is 0 Å². The highest BCUT2D eigenvalue weighted by atomic mass is 127. The van der Waals surface area contributed by atoms with Crippen molar-refractivity contribution in [3.05, 3.63) is 172 Å². The third-order valence-electron chi connectivity index (χ3n) is 11.2. The summed E-state index contributed by atoms with van der Waals surface area (Å²) < 4.78 is 34.5. The van der Waals surface area contributed by atoms with Gasteiger partial charge >= 0.3 is 19.1 Å². The summed E-state index contributed by atoms with van der Waals surface area (Å²) in [6, 6.07) is 49.9. The van der Waals surface area contributed by atoms with E-state index >= 15 is 0 Å². The molecular formula is C52H34BIO10. The molecule has 12 heteroatoms. The van der Waals surface area contributed by atoms with Gasteiger partial charge in [0.25, 0.3) is 0 Å². The number of carbonyl (C=O) groups excluding carboxylic acids is 2. The van der Waals surface area contributed by atoms with Crippen LogP contribution in [-0.2, 0) is 9.47 Å². The lowest BCUT2D eigenvalue weighted by Crippen LogP contribution is -2.29. The van der Waals surface area contributed by atoms with Gasteiger partial charge in [-0.05, 0) is 71.1 Å². The molecule has 0 aliphatic rings. The fraction of sp³-hybridized carbons (Fsp3) is 0.0385. The highest BCUT2D eigenvalue weighted by Crippen LogP contribution is 2.43. The number of methoxy groups -OCH3 is 2. The van der Waals surface area contributed by atoms with Crippen molar-refractivity contribution >= 4 is 135 Å². The van der Waals surface area contributed by atoms with Crippen LogP contribution in [0.25, 0.3) is 98.9 Å². The second-order valence-corrected chi connectivity index (χ2v) is 15.9. The Morgan fingerprint density at radius 1 is 0.438 bits per heavy atom. The largest absolute Gasteiger partial charge is 0.492 e. The topological polar surface area (TPSA) is 146 Å². The molecule has 0 spiro atoms. The normalized spacial score (nSPS) is 11.3. The van der Waals surface area contributed by atoms with E-state index in [1.807, 2.05) is 133 Å². The molecule has 0 fully saturated rings. The van der Waals surface area contributed by atoms with Gasteiger partial charge in [0.2, 0.25) is 0 Å². The zero-order valence-corrected chi connectivity index (χ0v) is 36.3. The van der Waals surface area contributed by atoms with E-state index in [0.717, 1.165) is 85.7 Å². The van der Waals surface area contributed by atoms with Crippen molar-refractivity contribution < 1.29 is 46.8 Å². The van der Waals surface area contributed by atoms with Gasteiger partial charge in [-0.2, -0.15) is 0 Å². The summed E-state index contributed by atoms with van der Waals surface area (Å²) in [4.78, 5) is 24.3. The molecule has 0 atom stereocenters. The second kappa shape index (κ2) is 16.7. The van der Waals surface area contributed by atoms with Crippen molar-refractivity contribution in [1.29, 1.82) is 0 Å². The van der Waals surface area contributed by atoms with Crippen LogP contribution in [0.2, 0.25) is 0 Å². The Morgan fingerprint density at radius 3 is 1.36 bits per heavy atom. The highest BCUT2D eigenvalue weighted by molar-refractivity contribution is 14.1. The minimum absolute atomic E-state index is 0.346. The fourth-order valence-corrected chi connectivity index (χ4v) is 9.08. The summed E-state index contributed by atoms with van der Waals surface area (Å²) in [5.74, 6) is -0.762. The summed E-state index contributed by atoms with van der Waals surface area (Å²) >= 11 is 2.12. The monoisotopic (exact) mass is 956 g/mol. The maximum absolute atomic E-state index is 12.7. The predicted molar refractivity (Wildman–Crippen MR) is 259 cm³/mol. The predicted octanol–water partition coefficient (Wildman–Crippen LogP) is 12.2. The van der Waals surface area contributed by atoms with Gasteiger partial charge in [-0.25, -0.2) is 9.59 Å². The maximum Gasteiger partial charge on any atom is 0.492 e. The van der Waals surface area contributed by atoms with E-state index < -0.39 is 13.1 Å². The molecule has 0 saturated carbocycles. The zero-order valence-electron chi connectivity index (χ0n) is 34.1. The molecule has 0 radical (unpaired) electrons. The SMILES string of the molecule is COC(=O)c1ccc2c(oc3ccccc32)c1-c1cccc2c1oc1ccccc12.COC(=O)c1ccc2c(oc3ccccc32)c1I.OB(O)c1cccc2c1oc1ccccc12. The molecule has 0 aliphatic carbocycles. The molecule has 0 unspecified atom stereocenters. The molecule has 0 amide bonds. The van der Waals surface area contributed by atoms with Crippen LogP contribution in [0.3, 0.4) is 0 Å². The number of carbonyl (C=O) groups is 2. The molecule has 2 N–H and O–H groups in total. The Hall–Kier alpha value is -7.39. The quantitative estimate of drug-likeness (QED) is 0.0993. The van der Waals surface area contributed by atoms with Gasteiger partial charge in [0.15, 0.2) is 0 Å². The lowest BCUT2D eigenvalue weighted by molar-refractivity contribution is 0.0591. The van der Waals surface area contributed by atoms with E-state index in [-0.39, 0.29) is 5.97 Å². The Labute approximate surface area is 377 Å². The van der Waals surface area contributed by atoms with Gasteiger partial charge in [0.1, 0.15) is 44.7 Å². The van der Waals surface area contributed by atoms with Gasteiger partial charge < -0.3 is 37.2 Å². The van der Waals surface area contributed by atoms with Crippen LogP contribution < -0.4 is 5.46 Å². The number of fused-ring (bicyclic) bond motifs is 12. The molecule has 12 rings (SSSR count). The summed E-state index contributed by atoms with van der Waals surface area (Å²) in [7, 11) is 1.25. The van der Waals surface area contributed by atoms with Crippen LogP contribution in [0.5, 0.6) is 0 Å². The van der Waals surface area contributed by atoms with Crippen LogP contribution >= 0.6 is 22.6 Å². The van der Waals surface area contributed by atoms with Crippen LogP contribution in [0.4, 0.5) is 0 Å². The van der Waals surface area contributed by atoms with Crippen molar-refractivity contribution in [2.75, 3.05) is 14.2 Å². The first-order valence-corrected chi connectivity index (χ1v) is 21.2. The lowest BCUT2D eigenvalue weighted by atomic mass is 9.79. The molecule has 4 aromatic heterocycles. The minimum atomic E-state index is -1.51. The smallest absolute Gasteiger partial charge is 0.465 e. The number of ether oxygens (including phenoxy) is 2. The number of hydrogen-bond donors (Lipinski definition) is 2. The van der Waals surface area contributed by atoms with Crippen LogP contribution in [0.1, 0.15) is 20.7 Å². The van der Waals surface area contributed by atoms with Crippen molar-refractivity contribution in [3.8, 4) is 11.1 Å². The Bertz CT molecular complexity index is 3760. The van der Waals surface area contributed by atoms with Gasteiger partial charge in [0, 0.05) is 59.7 Å². The van der Waals surface area contributed by atoms with E-state index in [4.69, 9.17) is 27.1 Å². The number of benzene rings is 8. The maximum atomic E-state index is 12.7. The standard InChI is InChI=1S/C26H16O4.C14H9IO3.C12H9BO3/c1-28-26(27)20-14-13-18-16-8-3-5-12-22(16)30-25(18)23(20)19-10-6-9-17-15-7-2-4-11-21(15)29-24(17)19;1-17-14(16)10-7-6-9-8-4-2-3-5-11(8)18-13(9)12(10)15;14-13(15)10-6-3-5-9-8-4-1-2-7-11(8)16-12(9)10/h2-14H,1H3;2-7H,1H3;1-7,14-15H. The molecule has 64 heavy (non-hydrogen) atoms. The minimum Gasteiger partial charge on any atom is -0.465 e. The first-order valence-electron chi connectivity index (χ1n) is 20.1. The van der Waals surface area contributed by atoms with Gasteiger partial charge in [-0.3, -0.25) is 0 Å². The average Bonchev–Trinajstić information content (AvgIpc) is 4.12. The Balaban J connectivity index is 0.000000122. The number of halogens is 1. The fourth-order valence-electron chi connectivity index (χ4n) is 8.28.